The van der Waals surface area contributed by atoms with Crippen LogP contribution in [0.2, 0.25) is 0 Å². The van der Waals surface area contributed by atoms with Gasteiger partial charge in [-0.15, -0.1) is 0 Å². The smallest absolute Gasteiger partial charge is 0.262 e. The molecule has 1 aliphatic heterocycles. The Bertz CT molecular complexity index is 847. The van der Waals surface area contributed by atoms with Crippen LogP contribution in [0, 0.1) is 0 Å². The van der Waals surface area contributed by atoms with Crippen LogP contribution in [-0.2, 0) is 4.79 Å². The number of rotatable bonds is 5. The van der Waals surface area contributed by atoms with Gasteiger partial charge in [0.1, 0.15) is 0 Å². The van der Waals surface area contributed by atoms with Crippen molar-refractivity contribution >= 4 is 28.6 Å². The number of amides is 1. The Morgan fingerprint density at radius 3 is 2.81 bits per heavy atom. The van der Waals surface area contributed by atoms with Gasteiger partial charge >= 0.3 is 0 Å². The topological polar surface area (TPSA) is 55.2 Å². The van der Waals surface area contributed by atoms with Crippen LogP contribution in [0.1, 0.15) is 52.5 Å². The third-order valence-electron chi connectivity index (χ3n) is 5.04. The Kier molecular flexibility index (Phi) is 6.01. The van der Waals surface area contributed by atoms with Gasteiger partial charge in [0.05, 0.1) is 16.7 Å². The second-order valence-corrected chi connectivity index (χ2v) is 8.06. The average molecular weight is 374 g/mol. The molecule has 0 spiro atoms. The molecule has 1 fully saturated rings. The average Bonchev–Trinajstić information content (AvgIpc) is 2.65. The van der Waals surface area contributed by atoms with Crippen LogP contribution in [0.3, 0.4) is 0 Å². The standard InChI is InChI=1S/C20H27N3O2S/c1-4-15-9-7-8-12-22(15)18(24)13-26-20-21-17-11-6-5-10-16(17)19(25)23(20)14(2)3/h5-6,10-11,14-15H,4,7-9,12-13H2,1-3H3/t15-/m1/s1. The molecule has 1 aromatic heterocycles. The molecule has 0 aliphatic carbocycles. The number of carbonyl (C=O) groups excluding carboxylic acids is 1. The Balaban J connectivity index is 1.85. The highest BCUT2D eigenvalue weighted by molar-refractivity contribution is 7.99. The van der Waals surface area contributed by atoms with Crippen molar-refractivity contribution in [3.8, 4) is 0 Å². The summed E-state index contributed by atoms with van der Waals surface area (Å²) in [6.45, 7) is 6.94. The van der Waals surface area contributed by atoms with Crippen molar-refractivity contribution in [2.45, 2.75) is 63.7 Å². The summed E-state index contributed by atoms with van der Waals surface area (Å²) in [7, 11) is 0. The fourth-order valence-corrected chi connectivity index (χ4v) is 4.66. The van der Waals surface area contributed by atoms with E-state index in [1.54, 1.807) is 4.57 Å². The Labute approximate surface area is 158 Å². The van der Waals surface area contributed by atoms with Gasteiger partial charge < -0.3 is 4.90 Å². The molecule has 1 aromatic carbocycles. The molecule has 5 nitrogen and oxygen atoms in total. The van der Waals surface area contributed by atoms with Gasteiger partial charge in [0.15, 0.2) is 5.16 Å². The Morgan fingerprint density at radius 1 is 1.31 bits per heavy atom. The minimum Gasteiger partial charge on any atom is -0.339 e. The van der Waals surface area contributed by atoms with Crippen LogP contribution >= 0.6 is 11.8 Å². The molecule has 0 radical (unpaired) electrons. The molecule has 3 rings (SSSR count). The van der Waals surface area contributed by atoms with Crippen molar-refractivity contribution in [3.05, 3.63) is 34.6 Å². The van der Waals surface area contributed by atoms with Gasteiger partial charge in [-0.2, -0.15) is 0 Å². The number of para-hydroxylation sites is 1. The summed E-state index contributed by atoms with van der Waals surface area (Å²) in [4.78, 5) is 32.3. The minimum absolute atomic E-state index is 0.00409. The number of hydrogen-bond donors (Lipinski definition) is 0. The van der Waals surface area contributed by atoms with Crippen molar-refractivity contribution in [1.82, 2.24) is 14.5 Å². The van der Waals surface area contributed by atoms with E-state index in [-0.39, 0.29) is 17.5 Å². The summed E-state index contributed by atoms with van der Waals surface area (Å²) >= 11 is 1.38. The van der Waals surface area contributed by atoms with Crippen molar-refractivity contribution in [3.63, 3.8) is 0 Å². The molecule has 0 unspecified atom stereocenters. The maximum atomic E-state index is 12.8. The zero-order chi connectivity index (χ0) is 18.7. The van der Waals surface area contributed by atoms with Crippen molar-refractivity contribution in [2.75, 3.05) is 12.3 Å². The normalized spacial score (nSPS) is 17.8. The zero-order valence-corrected chi connectivity index (χ0v) is 16.6. The molecule has 2 aromatic rings. The van der Waals surface area contributed by atoms with Crippen molar-refractivity contribution in [1.29, 1.82) is 0 Å². The summed E-state index contributed by atoms with van der Waals surface area (Å²) in [5.41, 5.74) is 0.652. The summed E-state index contributed by atoms with van der Waals surface area (Å²) in [5, 5.41) is 1.25. The summed E-state index contributed by atoms with van der Waals surface area (Å²) in [6, 6.07) is 7.75. The number of thioether (sulfide) groups is 1. The first kappa shape index (κ1) is 19.0. The van der Waals surface area contributed by atoms with E-state index in [1.165, 1.54) is 18.2 Å². The number of benzene rings is 1. The van der Waals surface area contributed by atoms with E-state index < -0.39 is 0 Å². The molecule has 140 valence electrons. The van der Waals surface area contributed by atoms with Gasteiger partial charge in [-0.05, 0) is 51.7 Å². The zero-order valence-electron chi connectivity index (χ0n) is 15.8. The fraction of sp³-hybridized carbons (Fsp3) is 0.550. The van der Waals surface area contributed by atoms with Gasteiger partial charge in [0.2, 0.25) is 5.91 Å². The predicted octanol–water partition coefficient (Wildman–Crippen LogP) is 3.86. The third kappa shape index (κ3) is 3.80. The highest BCUT2D eigenvalue weighted by Crippen LogP contribution is 2.24. The molecule has 1 amide bonds. The molecule has 26 heavy (non-hydrogen) atoms. The number of aromatic nitrogens is 2. The quantitative estimate of drug-likeness (QED) is 0.590. The predicted molar refractivity (Wildman–Crippen MR) is 107 cm³/mol. The van der Waals surface area contributed by atoms with Gasteiger partial charge in [-0.1, -0.05) is 30.8 Å². The largest absolute Gasteiger partial charge is 0.339 e. The molecule has 1 atom stereocenters. The first-order chi connectivity index (χ1) is 12.5. The van der Waals surface area contributed by atoms with Gasteiger partial charge in [-0.25, -0.2) is 4.98 Å². The molecule has 0 bridgehead atoms. The van der Waals surface area contributed by atoms with Crippen LogP contribution in [0.15, 0.2) is 34.2 Å². The molecule has 0 N–H and O–H groups in total. The van der Waals surface area contributed by atoms with Gasteiger partial charge in [-0.3, -0.25) is 14.2 Å². The molecular weight excluding hydrogens is 346 g/mol. The monoisotopic (exact) mass is 373 g/mol. The van der Waals surface area contributed by atoms with Crippen LogP contribution < -0.4 is 5.56 Å². The number of nitrogens with zero attached hydrogens (tertiary/aromatic N) is 3. The molecule has 1 aliphatic rings. The van der Waals surface area contributed by atoms with E-state index >= 15 is 0 Å². The van der Waals surface area contributed by atoms with E-state index in [0.29, 0.717) is 27.9 Å². The number of carbonyl (C=O) groups is 1. The highest BCUT2D eigenvalue weighted by Gasteiger charge is 2.25. The summed E-state index contributed by atoms with van der Waals surface area (Å²) in [6.07, 6.45) is 4.38. The summed E-state index contributed by atoms with van der Waals surface area (Å²) in [5.74, 6) is 0.479. The van der Waals surface area contributed by atoms with E-state index in [9.17, 15) is 9.59 Å². The van der Waals surface area contributed by atoms with Gasteiger partial charge in [0, 0.05) is 18.6 Å². The first-order valence-electron chi connectivity index (χ1n) is 9.46. The number of hydrogen-bond acceptors (Lipinski definition) is 4. The summed E-state index contributed by atoms with van der Waals surface area (Å²) < 4.78 is 1.70. The highest BCUT2D eigenvalue weighted by atomic mass is 32.2. The molecule has 6 heteroatoms. The lowest BCUT2D eigenvalue weighted by Crippen LogP contribution is -2.44. The van der Waals surface area contributed by atoms with Crippen molar-refractivity contribution in [2.24, 2.45) is 0 Å². The van der Waals surface area contributed by atoms with E-state index in [4.69, 9.17) is 0 Å². The van der Waals surface area contributed by atoms with E-state index in [2.05, 4.69) is 11.9 Å². The van der Waals surface area contributed by atoms with E-state index in [0.717, 1.165) is 25.8 Å². The van der Waals surface area contributed by atoms with Crippen LogP contribution in [0.25, 0.3) is 10.9 Å². The van der Waals surface area contributed by atoms with Gasteiger partial charge in [0.25, 0.3) is 5.56 Å². The number of piperidine rings is 1. The molecule has 0 saturated carbocycles. The Morgan fingerprint density at radius 2 is 2.08 bits per heavy atom. The number of likely N-dealkylation sites (tertiary alicyclic amines) is 1. The SMILES string of the molecule is CC[C@@H]1CCCCN1C(=O)CSc1nc2ccccc2c(=O)n1C(C)C. The maximum absolute atomic E-state index is 12.8. The maximum Gasteiger partial charge on any atom is 0.262 e. The second-order valence-electron chi connectivity index (χ2n) is 7.11. The Hall–Kier alpha value is -1.82. The third-order valence-corrected chi connectivity index (χ3v) is 5.97. The van der Waals surface area contributed by atoms with E-state index in [1.807, 2.05) is 43.0 Å². The van der Waals surface area contributed by atoms with Crippen molar-refractivity contribution < 1.29 is 4.79 Å². The molecular formula is C20H27N3O2S. The lowest BCUT2D eigenvalue weighted by atomic mass is 10.0. The number of fused-ring (bicyclic) bond motifs is 1. The molecule has 2 heterocycles. The lowest BCUT2D eigenvalue weighted by Gasteiger charge is -2.35. The first-order valence-corrected chi connectivity index (χ1v) is 10.4. The van der Waals surface area contributed by atoms with Crippen LogP contribution in [0.4, 0.5) is 0 Å². The fourth-order valence-electron chi connectivity index (χ4n) is 3.65. The second kappa shape index (κ2) is 8.25. The van der Waals surface area contributed by atoms with Crippen LogP contribution in [-0.4, -0.2) is 38.7 Å². The van der Waals surface area contributed by atoms with Crippen LogP contribution in [0.5, 0.6) is 0 Å². The lowest BCUT2D eigenvalue weighted by molar-refractivity contribution is -0.132. The minimum atomic E-state index is -0.0371. The molecule has 1 saturated heterocycles.